The fourth-order valence-electron chi connectivity index (χ4n) is 6.74. The molecule has 1 aromatic carbocycles. The molecule has 2 aromatic heterocycles. The maximum atomic E-state index is 11.6. The van der Waals surface area contributed by atoms with Gasteiger partial charge in [-0.3, -0.25) is 4.57 Å². The van der Waals surface area contributed by atoms with Gasteiger partial charge in [0.1, 0.15) is 11.7 Å². The third-order valence-electron chi connectivity index (χ3n) is 12.8. The van der Waals surface area contributed by atoms with Crippen LogP contribution in [0.3, 0.4) is 0 Å². The fraction of sp³-hybridized carbons (Fsp3) is 0.632. The van der Waals surface area contributed by atoms with Gasteiger partial charge in [-0.05, 0) is 91.6 Å². The number of anilines is 1. The second kappa shape index (κ2) is 15.2. The standard InChI is InChI=1S/C38H65N7O4Si3/c1-36(2,50(7,8)46)19-18-30-28(20-37(3,4)51(9,10)47)29(21-38(5,6)52(11,12)48)35(49-30)45-25-42-31-32(40)43-33(44-34(31)45)27(22-39)24-41-23-26-16-14-13-15-17-26/h13-17,22,24-25,28-30,35,39,41,46-48H,18-21,23H2,1-12H3,(H2,40,43,44)/b27-24+,39-22?/t28-,29+,30+,35?/m0/s1. The first-order chi connectivity index (χ1) is 23.8. The van der Waals surface area contributed by atoms with Gasteiger partial charge in [0.05, 0.1) is 18.0 Å². The van der Waals surface area contributed by atoms with Gasteiger partial charge in [-0.25, -0.2) is 15.0 Å². The highest BCUT2D eigenvalue weighted by Crippen LogP contribution is 2.57. The molecule has 0 aliphatic carbocycles. The van der Waals surface area contributed by atoms with Gasteiger partial charge in [0.25, 0.3) is 0 Å². The number of nitrogens with one attached hydrogen (secondary N) is 2. The highest BCUT2D eigenvalue weighted by molar-refractivity contribution is 6.73. The number of nitrogens with two attached hydrogens (primary N) is 1. The van der Waals surface area contributed by atoms with Gasteiger partial charge in [-0.15, -0.1) is 0 Å². The number of imidazole rings is 1. The van der Waals surface area contributed by atoms with E-state index in [0.29, 0.717) is 35.5 Å². The summed E-state index contributed by atoms with van der Waals surface area (Å²) in [6, 6.07) is 10.0. The molecular formula is C38H65N7O4Si3. The average Bonchev–Trinajstić information content (AvgIpc) is 3.58. The SMILES string of the molecule is CC(C)(CC[C@H]1OC(n2cnc3c(N)nc(/C(C=N)=C/NCc4ccccc4)nc32)[C@H](CC(C)(C)[Si](C)(C)O)[C@@H]1CC(C)(C)[Si](C)(C)O)[Si](C)(C)O. The van der Waals surface area contributed by atoms with Crippen molar-refractivity contribution in [2.45, 2.75) is 140 Å². The smallest absolute Gasteiger partial charge is 0.188 e. The minimum Gasteiger partial charge on any atom is -0.432 e. The zero-order valence-electron chi connectivity index (χ0n) is 33.6. The first kappa shape index (κ1) is 42.0. The molecule has 1 aliphatic rings. The summed E-state index contributed by atoms with van der Waals surface area (Å²) in [7, 11) is -7.75. The molecule has 11 nitrogen and oxygen atoms in total. The molecule has 7 N–H and O–H groups in total. The van der Waals surface area contributed by atoms with Gasteiger partial charge in [0.2, 0.25) is 0 Å². The lowest BCUT2D eigenvalue weighted by Crippen LogP contribution is -2.44. The molecule has 4 atom stereocenters. The van der Waals surface area contributed by atoms with Gasteiger partial charge in [-0.1, -0.05) is 71.9 Å². The van der Waals surface area contributed by atoms with Crippen molar-refractivity contribution in [2.75, 3.05) is 5.73 Å². The summed E-state index contributed by atoms with van der Waals surface area (Å²) < 4.78 is 9.17. The van der Waals surface area contributed by atoms with Crippen LogP contribution in [-0.2, 0) is 11.3 Å². The minimum atomic E-state index is -2.65. The second-order valence-corrected chi connectivity index (χ2v) is 32.0. The van der Waals surface area contributed by atoms with Crippen molar-refractivity contribution in [2.24, 2.45) is 11.8 Å². The molecular weight excluding hydrogens is 703 g/mol. The summed E-state index contributed by atoms with van der Waals surface area (Å²) in [4.78, 5) is 48.5. The lowest BCUT2D eigenvalue weighted by molar-refractivity contribution is -0.0206. The van der Waals surface area contributed by atoms with E-state index in [1.54, 1.807) is 12.5 Å². The molecule has 1 fully saturated rings. The van der Waals surface area contributed by atoms with Crippen molar-refractivity contribution >= 4 is 53.7 Å². The van der Waals surface area contributed by atoms with Gasteiger partial charge < -0.3 is 35.6 Å². The van der Waals surface area contributed by atoms with Crippen LogP contribution >= 0.6 is 0 Å². The van der Waals surface area contributed by atoms with Crippen molar-refractivity contribution in [3.63, 3.8) is 0 Å². The van der Waals surface area contributed by atoms with Crippen LogP contribution in [0.15, 0.2) is 42.9 Å². The molecule has 52 heavy (non-hydrogen) atoms. The van der Waals surface area contributed by atoms with Crippen LogP contribution in [0.25, 0.3) is 16.7 Å². The van der Waals surface area contributed by atoms with E-state index in [0.717, 1.165) is 24.8 Å². The summed E-state index contributed by atoms with van der Waals surface area (Å²) in [5, 5.41) is 10.6. The second-order valence-electron chi connectivity index (χ2n) is 18.5. The number of nitrogens with zero attached hydrogens (tertiary/aromatic N) is 4. The van der Waals surface area contributed by atoms with Gasteiger partial charge >= 0.3 is 0 Å². The molecule has 0 amide bonds. The molecule has 1 saturated heterocycles. The Hall–Kier alpha value is -2.73. The summed E-state index contributed by atoms with van der Waals surface area (Å²) >= 11 is 0. The molecule has 3 aromatic rings. The van der Waals surface area contributed by atoms with E-state index in [1.165, 1.54) is 6.21 Å². The zero-order chi connectivity index (χ0) is 39.1. The third kappa shape index (κ3) is 9.13. The lowest BCUT2D eigenvalue weighted by Gasteiger charge is -2.43. The Labute approximate surface area is 314 Å². The van der Waals surface area contributed by atoms with E-state index in [4.69, 9.17) is 25.8 Å². The number of hydrogen-bond donors (Lipinski definition) is 6. The van der Waals surface area contributed by atoms with Crippen LogP contribution in [0, 0.1) is 17.2 Å². The van der Waals surface area contributed by atoms with Crippen molar-refractivity contribution in [3.8, 4) is 0 Å². The monoisotopic (exact) mass is 767 g/mol. The number of fused-ring (bicyclic) bond motifs is 1. The molecule has 0 spiro atoms. The van der Waals surface area contributed by atoms with Crippen molar-refractivity contribution in [3.05, 3.63) is 54.2 Å². The van der Waals surface area contributed by atoms with Crippen molar-refractivity contribution in [1.82, 2.24) is 24.8 Å². The molecule has 4 rings (SSSR count). The maximum absolute atomic E-state index is 11.6. The molecule has 0 bridgehead atoms. The highest BCUT2D eigenvalue weighted by Gasteiger charge is 2.54. The van der Waals surface area contributed by atoms with E-state index >= 15 is 0 Å². The number of allylic oxidation sites excluding steroid dienone is 1. The number of benzene rings is 1. The third-order valence-corrected chi connectivity index (χ3v) is 23.4. The summed E-state index contributed by atoms with van der Waals surface area (Å²) in [5.41, 5.74) is 9.09. The first-order valence-electron chi connectivity index (χ1n) is 18.6. The van der Waals surface area contributed by atoms with Crippen LogP contribution in [-0.4, -0.2) is 71.2 Å². The Morgan fingerprint density at radius 2 is 1.44 bits per heavy atom. The van der Waals surface area contributed by atoms with Gasteiger partial charge in [-0.2, -0.15) is 0 Å². The van der Waals surface area contributed by atoms with E-state index in [-0.39, 0.29) is 38.9 Å². The van der Waals surface area contributed by atoms with Gasteiger partial charge in [0, 0.05) is 24.9 Å². The van der Waals surface area contributed by atoms with Crippen LogP contribution in [0.5, 0.6) is 0 Å². The quantitative estimate of drug-likeness (QED) is 0.0627. The molecule has 0 saturated carbocycles. The van der Waals surface area contributed by atoms with Crippen LogP contribution in [0.2, 0.25) is 54.4 Å². The zero-order valence-corrected chi connectivity index (χ0v) is 36.6. The van der Waals surface area contributed by atoms with Crippen LogP contribution in [0.4, 0.5) is 5.82 Å². The normalized spacial score (nSPS) is 21.2. The van der Waals surface area contributed by atoms with Crippen molar-refractivity contribution in [1.29, 1.82) is 5.41 Å². The van der Waals surface area contributed by atoms with E-state index in [1.807, 2.05) is 74.2 Å². The molecule has 14 heteroatoms. The Morgan fingerprint density at radius 3 is 1.98 bits per heavy atom. The molecule has 0 radical (unpaired) electrons. The fourth-order valence-corrected chi connectivity index (χ4v) is 8.97. The molecule has 3 heterocycles. The lowest BCUT2D eigenvalue weighted by atomic mass is 9.77. The van der Waals surface area contributed by atoms with E-state index in [2.05, 4.69) is 51.8 Å². The Kier molecular flexibility index (Phi) is 12.3. The maximum Gasteiger partial charge on any atom is 0.188 e. The summed E-state index contributed by atoms with van der Waals surface area (Å²) in [6.45, 7) is 25.6. The van der Waals surface area contributed by atoms with E-state index in [9.17, 15) is 14.4 Å². The topological polar surface area (TPSA) is 175 Å². The Morgan fingerprint density at radius 1 is 0.885 bits per heavy atom. The highest BCUT2D eigenvalue weighted by atomic mass is 28.4. The van der Waals surface area contributed by atoms with Crippen LogP contribution in [0.1, 0.15) is 84.8 Å². The largest absolute Gasteiger partial charge is 0.432 e. The molecule has 1 aliphatic heterocycles. The number of rotatable bonds is 16. The predicted molar refractivity (Wildman–Crippen MR) is 220 cm³/mol. The number of aromatic nitrogens is 4. The number of nitrogen functional groups attached to an aromatic ring is 1. The van der Waals surface area contributed by atoms with Crippen molar-refractivity contribution < 1.29 is 19.1 Å². The summed E-state index contributed by atoms with van der Waals surface area (Å²) in [5.74, 6) is 0.510. The first-order valence-corrected chi connectivity index (χ1v) is 27.4. The summed E-state index contributed by atoms with van der Waals surface area (Å²) in [6.07, 6.45) is 7.01. The molecule has 1 unspecified atom stereocenters. The minimum absolute atomic E-state index is 0.0455. The Bertz CT molecular complexity index is 1720. The number of hydrogen-bond acceptors (Lipinski definition) is 10. The van der Waals surface area contributed by atoms with Gasteiger partial charge in [0.15, 0.2) is 42.2 Å². The number of ether oxygens (including phenoxy) is 1. The molecule has 288 valence electrons. The Balaban J connectivity index is 1.84. The average molecular weight is 768 g/mol. The van der Waals surface area contributed by atoms with Crippen LogP contribution < -0.4 is 11.1 Å². The van der Waals surface area contributed by atoms with E-state index < -0.39 is 31.2 Å². The predicted octanol–water partition coefficient (Wildman–Crippen LogP) is 7.81.